The number of aliphatic hydroxyl groups excluding tert-OH is 1. The summed E-state index contributed by atoms with van der Waals surface area (Å²) in [6, 6.07) is 4.76. The van der Waals surface area contributed by atoms with Gasteiger partial charge in [-0.1, -0.05) is 17.7 Å². The lowest BCUT2D eigenvalue weighted by Crippen LogP contribution is -2.45. The summed E-state index contributed by atoms with van der Waals surface area (Å²) in [5.74, 6) is -0.256. The van der Waals surface area contributed by atoms with E-state index in [1.54, 1.807) is 12.1 Å². The van der Waals surface area contributed by atoms with Crippen LogP contribution in [0.5, 0.6) is 0 Å². The Hall–Kier alpha value is -0.390. The highest BCUT2D eigenvalue weighted by Crippen LogP contribution is 2.33. The van der Waals surface area contributed by atoms with Crippen LogP contribution in [-0.4, -0.2) is 42.8 Å². The lowest BCUT2D eigenvalue weighted by Gasteiger charge is -2.35. The molecule has 0 bridgehead atoms. The van der Waals surface area contributed by atoms with Gasteiger partial charge in [-0.15, -0.1) is 12.4 Å². The van der Waals surface area contributed by atoms with Crippen molar-refractivity contribution in [2.24, 2.45) is 0 Å². The van der Waals surface area contributed by atoms with Crippen LogP contribution in [0.2, 0.25) is 5.02 Å². The molecule has 1 aromatic carbocycles. The van der Waals surface area contributed by atoms with Gasteiger partial charge < -0.3 is 10.4 Å². The van der Waals surface area contributed by atoms with Crippen LogP contribution in [0.15, 0.2) is 18.2 Å². The molecule has 0 amide bonds. The van der Waals surface area contributed by atoms with E-state index in [9.17, 15) is 4.39 Å². The van der Waals surface area contributed by atoms with Gasteiger partial charge >= 0.3 is 0 Å². The van der Waals surface area contributed by atoms with Gasteiger partial charge in [0.05, 0.1) is 0 Å². The number of hydrogen-bond donors (Lipinski definition) is 2. The topological polar surface area (TPSA) is 35.5 Å². The van der Waals surface area contributed by atoms with Gasteiger partial charge in [0, 0.05) is 49.4 Å². The van der Waals surface area contributed by atoms with Gasteiger partial charge in [0.15, 0.2) is 0 Å². The fraction of sp³-hybridized carbons (Fsp3) is 0.571. The molecule has 6 heteroatoms. The Labute approximate surface area is 130 Å². The Morgan fingerprint density at radius 3 is 2.65 bits per heavy atom. The average molecular weight is 323 g/mol. The lowest BCUT2D eigenvalue weighted by atomic mass is 9.99. The summed E-state index contributed by atoms with van der Waals surface area (Å²) < 4.78 is 14.1. The minimum Gasteiger partial charge on any atom is -0.396 e. The summed E-state index contributed by atoms with van der Waals surface area (Å²) in [4.78, 5) is 2.25. The number of halogens is 3. The summed E-state index contributed by atoms with van der Waals surface area (Å²) >= 11 is 6.18. The first-order valence-electron chi connectivity index (χ1n) is 6.73. The molecule has 1 saturated heterocycles. The van der Waals surface area contributed by atoms with Crippen molar-refractivity contribution < 1.29 is 9.50 Å². The number of nitrogens with zero attached hydrogens (tertiary/aromatic N) is 1. The van der Waals surface area contributed by atoms with E-state index >= 15 is 0 Å². The van der Waals surface area contributed by atoms with Crippen LogP contribution < -0.4 is 5.32 Å². The largest absolute Gasteiger partial charge is 0.396 e. The maximum absolute atomic E-state index is 14.1. The van der Waals surface area contributed by atoms with Gasteiger partial charge in [-0.2, -0.15) is 0 Å². The first-order chi connectivity index (χ1) is 9.24. The number of benzene rings is 1. The van der Waals surface area contributed by atoms with Crippen LogP contribution in [0, 0.1) is 5.82 Å². The molecule has 1 aliphatic rings. The Morgan fingerprint density at radius 1 is 1.35 bits per heavy atom. The first kappa shape index (κ1) is 17.7. The highest BCUT2D eigenvalue weighted by atomic mass is 35.5. The second kappa shape index (κ2) is 8.80. The molecule has 0 unspecified atom stereocenters. The Bertz CT molecular complexity index is 394. The predicted octanol–water partition coefficient (Wildman–Crippen LogP) is 2.62. The van der Waals surface area contributed by atoms with Crippen molar-refractivity contribution in [1.29, 1.82) is 0 Å². The molecular weight excluding hydrogens is 302 g/mol. The van der Waals surface area contributed by atoms with Gasteiger partial charge in [-0.25, -0.2) is 4.39 Å². The number of aliphatic hydroxyl groups is 1. The molecule has 1 fully saturated rings. The monoisotopic (exact) mass is 322 g/mol. The number of piperazine rings is 1. The van der Waals surface area contributed by atoms with Gasteiger partial charge in [0.2, 0.25) is 0 Å². The second-order valence-corrected chi connectivity index (χ2v) is 5.21. The molecule has 0 aliphatic carbocycles. The van der Waals surface area contributed by atoms with E-state index in [0.29, 0.717) is 17.0 Å². The Balaban J connectivity index is 0.00000200. The van der Waals surface area contributed by atoms with Crippen molar-refractivity contribution >= 4 is 24.0 Å². The van der Waals surface area contributed by atoms with Crippen molar-refractivity contribution in [3.05, 3.63) is 34.6 Å². The van der Waals surface area contributed by atoms with E-state index in [2.05, 4.69) is 10.2 Å². The molecular formula is C14H21Cl2FN2O. The molecule has 0 aromatic heterocycles. The summed E-state index contributed by atoms with van der Waals surface area (Å²) in [5, 5.41) is 12.8. The summed E-state index contributed by atoms with van der Waals surface area (Å²) in [6.45, 7) is 3.68. The first-order valence-corrected chi connectivity index (χ1v) is 7.11. The van der Waals surface area contributed by atoms with Crippen LogP contribution in [0.25, 0.3) is 0 Å². The third-order valence-corrected chi connectivity index (χ3v) is 3.89. The van der Waals surface area contributed by atoms with Gasteiger partial charge in [0.25, 0.3) is 0 Å². The molecule has 0 saturated carbocycles. The minimum absolute atomic E-state index is 0. The van der Waals surface area contributed by atoms with Crippen molar-refractivity contribution in [3.63, 3.8) is 0 Å². The van der Waals surface area contributed by atoms with Crippen LogP contribution >= 0.6 is 24.0 Å². The van der Waals surface area contributed by atoms with E-state index in [1.807, 2.05) is 0 Å². The quantitative estimate of drug-likeness (QED) is 0.874. The molecule has 2 rings (SSSR count). The van der Waals surface area contributed by atoms with E-state index in [-0.39, 0.29) is 30.9 Å². The summed E-state index contributed by atoms with van der Waals surface area (Å²) in [6.07, 6.45) is 1.37. The third-order valence-electron chi connectivity index (χ3n) is 3.56. The molecule has 1 aliphatic heterocycles. The molecule has 0 radical (unpaired) electrons. The predicted molar refractivity (Wildman–Crippen MR) is 82.2 cm³/mol. The fourth-order valence-corrected chi connectivity index (χ4v) is 2.91. The highest BCUT2D eigenvalue weighted by Gasteiger charge is 2.26. The fourth-order valence-electron chi connectivity index (χ4n) is 2.62. The zero-order valence-corrected chi connectivity index (χ0v) is 12.9. The summed E-state index contributed by atoms with van der Waals surface area (Å²) in [5.41, 5.74) is 0.569. The van der Waals surface area contributed by atoms with Crippen LogP contribution in [-0.2, 0) is 0 Å². The molecule has 114 valence electrons. The Kier molecular flexibility index (Phi) is 7.77. The smallest absolute Gasteiger partial charge is 0.129 e. The van der Waals surface area contributed by atoms with Crippen molar-refractivity contribution in [1.82, 2.24) is 10.2 Å². The number of hydrogen-bond acceptors (Lipinski definition) is 3. The third kappa shape index (κ3) is 4.30. The molecule has 3 nitrogen and oxygen atoms in total. The SMILES string of the molecule is Cl.OCCC[C@H](c1c(F)cccc1Cl)N1CCNCC1. The van der Waals surface area contributed by atoms with Gasteiger partial charge in [-0.3, -0.25) is 4.90 Å². The standard InChI is InChI=1S/C14H20ClFN2O.ClH/c15-11-3-1-4-12(16)14(11)13(5-2-10-19)18-8-6-17-7-9-18;/h1,3-4,13,17,19H,2,5-10H2;1H/t13-;/m1./s1. The minimum atomic E-state index is -0.256. The van der Waals surface area contributed by atoms with Gasteiger partial charge in [-0.05, 0) is 25.0 Å². The molecule has 1 atom stereocenters. The van der Waals surface area contributed by atoms with E-state index in [0.717, 1.165) is 32.6 Å². The molecule has 1 aromatic rings. The Morgan fingerprint density at radius 2 is 2.05 bits per heavy atom. The lowest BCUT2D eigenvalue weighted by molar-refractivity contribution is 0.152. The van der Waals surface area contributed by atoms with E-state index < -0.39 is 0 Å². The molecule has 1 heterocycles. The molecule has 20 heavy (non-hydrogen) atoms. The van der Waals surface area contributed by atoms with Crippen molar-refractivity contribution in [3.8, 4) is 0 Å². The average Bonchev–Trinajstić information content (AvgIpc) is 2.43. The number of nitrogens with one attached hydrogen (secondary N) is 1. The van der Waals surface area contributed by atoms with E-state index in [4.69, 9.17) is 16.7 Å². The second-order valence-electron chi connectivity index (χ2n) is 4.80. The highest BCUT2D eigenvalue weighted by molar-refractivity contribution is 6.31. The van der Waals surface area contributed by atoms with Crippen molar-refractivity contribution in [2.75, 3.05) is 32.8 Å². The maximum Gasteiger partial charge on any atom is 0.129 e. The van der Waals surface area contributed by atoms with Crippen LogP contribution in [0.1, 0.15) is 24.4 Å². The van der Waals surface area contributed by atoms with Gasteiger partial charge in [0.1, 0.15) is 5.82 Å². The summed E-state index contributed by atoms with van der Waals surface area (Å²) in [7, 11) is 0. The van der Waals surface area contributed by atoms with Crippen LogP contribution in [0.3, 0.4) is 0 Å². The van der Waals surface area contributed by atoms with Crippen LogP contribution in [0.4, 0.5) is 4.39 Å². The zero-order valence-electron chi connectivity index (χ0n) is 11.3. The molecule has 0 spiro atoms. The molecule has 2 N–H and O–H groups in total. The van der Waals surface area contributed by atoms with Crippen molar-refractivity contribution in [2.45, 2.75) is 18.9 Å². The van der Waals surface area contributed by atoms with E-state index in [1.165, 1.54) is 6.07 Å². The number of rotatable bonds is 5. The normalized spacial score (nSPS) is 17.6. The maximum atomic E-state index is 14.1. The zero-order chi connectivity index (χ0) is 13.7.